The smallest absolute Gasteiger partial charge is 0.320 e. The molecule has 0 unspecified atom stereocenters. The number of carbonyl (C=O) groups excluding carboxylic acids is 2. The van der Waals surface area contributed by atoms with Gasteiger partial charge in [0.05, 0.1) is 17.2 Å². The van der Waals surface area contributed by atoms with E-state index in [2.05, 4.69) is 5.32 Å². The van der Waals surface area contributed by atoms with E-state index >= 15 is 0 Å². The number of hydrogen-bond acceptors (Lipinski definition) is 3. The molecule has 1 spiro atoms. The number of urea groups is 1. The summed E-state index contributed by atoms with van der Waals surface area (Å²) in [6.45, 7) is 5.23. The highest BCUT2D eigenvalue weighted by molar-refractivity contribution is 6.32. The predicted molar refractivity (Wildman–Crippen MR) is 93.8 cm³/mol. The van der Waals surface area contributed by atoms with E-state index in [1.807, 2.05) is 34.9 Å². The van der Waals surface area contributed by atoms with Crippen molar-refractivity contribution in [3.63, 3.8) is 0 Å². The van der Waals surface area contributed by atoms with E-state index in [1.165, 1.54) is 0 Å². The molecule has 4 rings (SSSR count). The fourth-order valence-corrected chi connectivity index (χ4v) is 4.08. The highest BCUT2D eigenvalue weighted by Gasteiger charge is 2.51. The number of halogens is 1. The zero-order valence-electron chi connectivity index (χ0n) is 14.3. The number of hydrogen-bond donors (Lipinski definition) is 1. The van der Waals surface area contributed by atoms with E-state index in [-0.39, 0.29) is 17.5 Å². The molecule has 0 bridgehead atoms. The lowest BCUT2D eigenvalue weighted by atomic mass is 9.88. The van der Waals surface area contributed by atoms with Crippen molar-refractivity contribution in [2.45, 2.75) is 25.3 Å². The van der Waals surface area contributed by atoms with Crippen molar-refractivity contribution in [2.75, 3.05) is 32.8 Å². The Labute approximate surface area is 152 Å². The van der Waals surface area contributed by atoms with Gasteiger partial charge in [0.2, 0.25) is 5.91 Å². The van der Waals surface area contributed by atoms with Gasteiger partial charge < -0.3 is 19.9 Å². The Bertz CT molecular complexity index is 712. The van der Waals surface area contributed by atoms with Crippen molar-refractivity contribution in [1.29, 1.82) is 0 Å². The van der Waals surface area contributed by atoms with E-state index in [4.69, 9.17) is 16.3 Å². The Kier molecular flexibility index (Phi) is 4.02. The van der Waals surface area contributed by atoms with Crippen molar-refractivity contribution < 1.29 is 14.3 Å². The molecule has 3 fully saturated rings. The van der Waals surface area contributed by atoms with Gasteiger partial charge in [-0.3, -0.25) is 4.79 Å². The molecular formula is C18H22ClN3O3. The lowest BCUT2D eigenvalue weighted by Crippen LogP contribution is -2.71. The summed E-state index contributed by atoms with van der Waals surface area (Å²) in [7, 11) is 0. The number of nitrogens with zero attached hydrogens (tertiary/aromatic N) is 2. The summed E-state index contributed by atoms with van der Waals surface area (Å²) in [6.07, 6.45) is 1.41. The van der Waals surface area contributed by atoms with E-state index < -0.39 is 0 Å². The molecule has 3 saturated heterocycles. The summed E-state index contributed by atoms with van der Waals surface area (Å²) >= 11 is 6.16. The van der Waals surface area contributed by atoms with E-state index in [0.29, 0.717) is 55.9 Å². The molecule has 1 aromatic rings. The molecule has 134 valence electrons. The van der Waals surface area contributed by atoms with Gasteiger partial charge in [0.25, 0.3) is 0 Å². The summed E-state index contributed by atoms with van der Waals surface area (Å²) in [5.74, 6) is 1.13. The molecule has 0 radical (unpaired) electrons. The Balaban J connectivity index is 1.20. The summed E-state index contributed by atoms with van der Waals surface area (Å²) < 4.78 is 5.78. The SMILES string of the molecule is Cc1ccc(OCC2CN(C(=O)N3CC4(CCC(=O)N4)C3)C2)c(Cl)c1. The highest BCUT2D eigenvalue weighted by atomic mass is 35.5. The van der Waals surface area contributed by atoms with Crippen LogP contribution in [0.2, 0.25) is 5.02 Å². The lowest BCUT2D eigenvalue weighted by Gasteiger charge is -2.51. The number of aryl methyl sites for hydroxylation is 1. The average molecular weight is 364 g/mol. The zero-order valence-corrected chi connectivity index (χ0v) is 15.0. The summed E-state index contributed by atoms with van der Waals surface area (Å²) in [5, 5.41) is 3.62. The molecule has 3 amide bonds. The minimum absolute atomic E-state index is 0.0661. The molecule has 25 heavy (non-hydrogen) atoms. The quantitative estimate of drug-likeness (QED) is 0.894. The van der Waals surface area contributed by atoms with Gasteiger partial charge in [0, 0.05) is 38.5 Å². The van der Waals surface area contributed by atoms with Gasteiger partial charge in [-0.1, -0.05) is 17.7 Å². The van der Waals surface area contributed by atoms with Crippen molar-refractivity contribution in [1.82, 2.24) is 15.1 Å². The molecule has 1 aromatic carbocycles. The number of carbonyl (C=O) groups is 2. The monoisotopic (exact) mass is 363 g/mol. The molecule has 6 nitrogen and oxygen atoms in total. The van der Waals surface area contributed by atoms with Crippen LogP contribution in [0.5, 0.6) is 5.75 Å². The van der Waals surface area contributed by atoms with Gasteiger partial charge in [-0.15, -0.1) is 0 Å². The van der Waals surface area contributed by atoms with E-state index in [0.717, 1.165) is 12.0 Å². The predicted octanol–water partition coefficient (Wildman–Crippen LogP) is 2.04. The van der Waals surface area contributed by atoms with Crippen LogP contribution in [-0.4, -0.2) is 60.1 Å². The molecule has 0 aliphatic carbocycles. The van der Waals surface area contributed by atoms with Crippen LogP contribution in [-0.2, 0) is 4.79 Å². The maximum atomic E-state index is 12.4. The van der Waals surface area contributed by atoms with Crippen LogP contribution in [0.3, 0.4) is 0 Å². The first-order valence-electron chi connectivity index (χ1n) is 8.68. The third-order valence-corrected chi connectivity index (χ3v) is 5.58. The van der Waals surface area contributed by atoms with Crippen LogP contribution in [0.1, 0.15) is 18.4 Å². The molecule has 3 aliphatic heterocycles. The average Bonchev–Trinajstić information content (AvgIpc) is 2.88. The van der Waals surface area contributed by atoms with Crippen molar-refractivity contribution in [3.8, 4) is 5.75 Å². The molecule has 3 aliphatic rings. The zero-order chi connectivity index (χ0) is 17.6. The van der Waals surface area contributed by atoms with Crippen LogP contribution in [0.15, 0.2) is 18.2 Å². The Morgan fingerprint density at radius 3 is 2.76 bits per heavy atom. The molecule has 0 atom stereocenters. The standard InChI is InChI=1S/C18H22ClN3O3/c1-12-2-3-15(14(19)6-12)25-9-13-7-21(8-13)17(24)22-10-18(11-22)5-4-16(23)20-18/h2-3,6,13H,4-5,7-11H2,1H3,(H,20,23). The third-order valence-electron chi connectivity index (χ3n) is 5.28. The number of benzene rings is 1. The second kappa shape index (κ2) is 6.09. The molecule has 3 heterocycles. The van der Waals surface area contributed by atoms with Crippen LogP contribution in [0.25, 0.3) is 0 Å². The minimum Gasteiger partial charge on any atom is -0.492 e. The minimum atomic E-state index is -0.150. The second-order valence-corrected chi connectivity index (χ2v) is 7.89. The molecule has 0 saturated carbocycles. The molecular weight excluding hydrogens is 342 g/mol. The number of nitrogens with one attached hydrogen (secondary N) is 1. The fourth-order valence-electron chi connectivity index (χ4n) is 3.79. The number of rotatable bonds is 3. The van der Waals surface area contributed by atoms with Gasteiger partial charge in [-0.05, 0) is 31.0 Å². The van der Waals surface area contributed by atoms with Crippen LogP contribution >= 0.6 is 11.6 Å². The largest absolute Gasteiger partial charge is 0.492 e. The maximum absolute atomic E-state index is 12.4. The Morgan fingerprint density at radius 2 is 2.12 bits per heavy atom. The van der Waals surface area contributed by atoms with Crippen LogP contribution in [0.4, 0.5) is 4.79 Å². The Morgan fingerprint density at radius 1 is 1.36 bits per heavy atom. The number of amides is 3. The Hall–Kier alpha value is -1.95. The van der Waals surface area contributed by atoms with Crippen molar-refractivity contribution in [3.05, 3.63) is 28.8 Å². The molecule has 0 aromatic heterocycles. The van der Waals surface area contributed by atoms with Crippen molar-refractivity contribution in [2.24, 2.45) is 5.92 Å². The normalized spacial score (nSPS) is 21.8. The first kappa shape index (κ1) is 16.5. The summed E-state index contributed by atoms with van der Waals surface area (Å²) in [5.41, 5.74) is 0.950. The molecule has 7 heteroatoms. The van der Waals surface area contributed by atoms with Gasteiger partial charge in [0.1, 0.15) is 5.75 Å². The molecule has 1 N–H and O–H groups in total. The van der Waals surface area contributed by atoms with Gasteiger partial charge in [-0.2, -0.15) is 0 Å². The highest BCUT2D eigenvalue weighted by Crippen LogP contribution is 2.32. The maximum Gasteiger partial charge on any atom is 0.320 e. The van der Waals surface area contributed by atoms with Crippen LogP contribution in [0, 0.1) is 12.8 Å². The second-order valence-electron chi connectivity index (χ2n) is 7.48. The lowest BCUT2D eigenvalue weighted by molar-refractivity contribution is -0.120. The summed E-state index contributed by atoms with van der Waals surface area (Å²) in [6, 6.07) is 5.81. The number of likely N-dealkylation sites (tertiary alicyclic amines) is 2. The number of ether oxygens (including phenoxy) is 1. The van der Waals surface area contributed by atoms with Gasteiger partial charge in [0.15, 0.2) is 0 Å². The third kappa shape index (κ3) is 3.15. The summed E-state index contributed by atoms with van der Waals surface area (Å²) in [4.78, 5) is 27.4. The van der Waals surface area contributed by atoms with E-state index in [9.17, 15) is 9.59 Å². The first-order chi connectivity index (χ1) is 11.9. The van der Waals surface area contributed by atoms with Gasteiger partial charge >= 0.3 is 6.03 Å². The van der Waals surface area contributed by atoms with E-state index in [1.54, 1.807) is 0 Å². The van der Waals surface area contributed by atoms with Gasteiger partial charge in [-0.25, -0.2) is 4.79 Å². The fraction of sp³-hybridized carbons (Fsp3) is 0.556. The van der Waals surface area contributed by atoms with Crippen molar-refractivity contribution >= 4 is 23.5 Å². The first-order valence-corrected chi connectivity index (χ1v) is 9.06. The van der Waals surface area contributed by atoms with Crippen LogP contribution < -0.4 is 10.1 Å². The topological polar surface area (TPSA) is 61.9 Å².